The van der Waals surface area contributed by atoms with E-state index in [2.05, 4.69) is 15.9 Å². The Kier molecular flexibility index (Phi) is 3.19. The molecule has 0 fully saturated rings. The molecule has 1 rings (SSSR count). The number of hydrogen-bond donors (Lipinski definition) is 0. The fourth-order valence-corrected chi connectivity index (χ4v) is 1.27. The third-order valence-corrected chi connectivity index (χ3v) is 2.24. The molecular weight excluding hydrogens is 264 g/mol. The zero-order chi connectivity index (χ0) is 10.9. The number of halogens is 5. The lowest BCUT2D eigenvalue weighted by Crippen LogP contribution is -2.06. The molecule has 1 unspecified atom stereocenters. The number of hydrogen-bond acceptors (Lipinski definition) is 0. The van der Waals surface area contributed by atoms with E-state index in [-0.39, 0.29) is 10.4 Å². The molecule has 0 nitrogen and oxygen atoms in total. The van der Waals surface area contributed by atoms with Crippen LogP contribution in [0, 0.1) is 5.82 Å². The minimum absolute atomic E-state index is 0.275. The van der Waals surface area contributed by atoms with Crippen molar-refractivity contribution >= 4 is 15.9 Å². The molecule has 78 valence electrons. The van der Waals surface area contributed by atoms with Crippen LogP contribution in [0.1, 0.15) is 22.9 Å². The molecule has 0 heterocycles. The van der Waals surface area contributed by atoms with Crippen molar-refractivity contribution in [3.05, 3.63) is 35.1 Å². The summed E-state index contributed by atoms with van der Waals surface area (Å²) >= 11 is 3.08. The standard InChI is InChI=1S/C9H7BrF4/c1-5(10)6-2-7(9(12,13)14)4-8(11)3-6/h2-5H,1H3. The van der Waals surface area contributed by atoms with Gasteiger partial charge >= 0.3 is 6.18 Å². The van der Waals surface area contributed by atoms with E-state index in [0.717, 1.165) is 12.1 Å². The minimum atomic E-state index is -4.50. The average Bonchev–Trinajstić information content (AvgIpc) is 2.01. The largest absolute Gasteiger partial charge is 0.416 e. The molecule has 0 radical (unpaired) electrons. The molecule has 5 heteroatoms. The van der Waals surface area contributed by atoms with E-state index in [1.807, 2.05) is 0 Å². The molecule has 0 bridgehead atoms. The van der Waals surface area contributed by atoms with Gasteiger partial charge in [-0.05, 0) is 30.7 Å². The monoisotopic (exact) mass is 270 g/mol. The van der Waals surface area contributed by atoms with Gasteiger partial charge in [0, 0.05) is 4.83 Å². The minimum Gasteiger partial charge on any atom is -0.207 e. The van der Waals surface area contributed by atoms with Gasteiger partial charge in [-0.3, -0.25) is 0 Å². The molecule has 0 aromatic heterocycles. The Bertz CT molecular complexity index is 330. The zero-order valence-corrected chi connectivity index (χ0v) is 8.79. The van der Waals surface area contributed by atoms with E-state index in [9.17, 15) is 17.6 Å². The van der Waals surface area contributed by atoms with E-state index >= 15 is 0 Å². The molecule has 14 heavy (non-hydrogen) atoms. The maximum Gasteiger partial charge on any atom is 0.416 e. The molecule has 0 aliphatic heterocycles. The summed E-state index contributed by atoms with van der Waals surface area (Å²) in [6, 6.07) is 2.50. The molecule has 1 atom stereocenters. The second-order valence-corrected chi connectivity index (χ2v) is 4.26. The van der Waals surface area contributed by atoms with Gasteiger partial charge < -0.3 is 0 Å². The third kappa shape index (κ3) is 2.70. The smallest absolute Gasteiger partial charge is 0.207 e. The molecule has 0 aliphatic rings. The first-order chi connectivity index (χ1) is 6.30. The van der Waals surface area contributed by atoms with Crippen molar-refractivity contribution in [2.45, 2.75) is 17.9 Å². The highest BCUT2D eigenvalue weighted by Gasteiger charge is 2.31. The normalized spacial score (nSPS) is 14.1. The fourth-order valence-electron chi connectivity index (χ4n) is 1.01. The Morgan fingerprint density at radius 1 is 1.21 bits per heavy atom. The number of alkyl halides is 4. The van der Waals surface area contributed by atoms with Crippen LogP contribution in [0.15, 0.2) is 18.2 Å². The lowest BCUT2D eigenvalue weighted by Gasteiger charge is -2.10. The SMILES string of the molecule is CC(Br)c1cc(F)cc(C(F)(F)F)c1. The molecule has 0 saturated heterocycles. The zero-order valence-electron chi connectivity index (χ0n) is 7.20. The van der Waals surface area contributed by atoms with Gasteiger partial charge in [0.25, 0.3) is 0 Å². The molecule has 0 amide bonds. The van der Waals surface area contributed by atoms with Gasteiger partial charge in [-0.25, -0.2) is 4.39 Å². The van der Waals surface area contributed by atoms with Crippen molar-refractivity contribution in [2.75, 3.05) is 0 Å². The van der Waals surface area contributed by atoms with Crippen molar-refractivity contribution in [1.82, 2.24) is 0 Å². The van der Waals surface area contributed by atoms with Gasteiger partial charge in [0.1, 0.15) is 5.82 Å². The maximum atomic E-state index is 12.8. The second kappa shape index (κ2) is 3.88. The first kappa shape index (κ1) is 11.5. The second-order valence-electron chi connectivity index (χ2n) is 2.89. The first-order valence-corrected chi connectivity index (χ1v) is 4.74. The van der Waals surface area contributed by atoms with Crippen LogP contribution in [-0.2, 0) is 6.18 Å². The summed E-state index contributed by atoms with van der Waals surface area (Å²) in [5.74, 6) is -0.874. The van der Waals surface area contributed by atoms with Crippen LogP contribution in [0.5, 0.6) is 0 Å². The van der Waals surface area contributed by atoms with Crippen LogP contribution in [0.4, 0.5) is 17.6 Å². The maximum absolute atomic E-state index is 12.8. The average molecular weight is 271 g/mol. The Labute approximate surface area is 87.1 Å². The first-order valence-electron chi connectivity index (χ1n) is 3.82. The predicted octanol–water partition coefficient (Wildman–Crippen LogP) is 4.30. The highest BCUT2D eigenvalue weighted by Crippen LogP contribution is 2.33. The van der Waals surface area contributed by atoms with Crippen LogP contribution >= 0.6 is 15.9 Å². The highest BCUT2D eigenvalue weighted by molar-refractivity contribution is 9.09. The van der Waals surface area contributed by atoms with Crippen molar-refractivity contribution < 1.29 is 17.6 Å². The van der Waals surface area contributed by atoms with Gasteiger partial charge in [0.2, 0.25) is 0 Å². The summed E-state index contributed by atoms with van der Waals surface area (Å²) in [4.78, 5) is -0.306. The van der Waals surface area contributed by atoms with Crippen LogP contribution in [0.25, 0.3) is 0 Å². The highest BCUT2D eigenvalue weighted by atomic mass is 79.9. The van der Waals surface area contributed by atoms with Crippen molar-refractivity contribution in [1.29, 1.82) is 0 Å². The van der Waals surface area contributed by atoms with Gasteiger partial charge in [0.05, 0.1) is 5.56 Å². The Balaban J connectivity index is 3.21. The number of benzene rings is 1. The van der Waals surface area contributed by atoms with Crippen molar-refractivity contribution in [3.63, 3.8) is 0 Å². The van der Waals surface area contributed by atoms with Crippen LogP contribution in [0.2, 0.25) is 0 Å². The van der Waals surface area contributed by atoms with E-state index in [1.165, 1.54) is 0 Å². The quantitative estimate of drug-likeness (QED) is 0.527. The van der Waals surface area contributed by atoms with Gasteiger partial charge in [0.15, 0.2) is 0 Å². The summed E-state index contributed by atoms with van der Waals surface area (Å²) in [5.41, 5.74) is -0.684. The van der Waals surface area contributed by atoms with E-state index in [0.29, 0.717) is 6.07 Å². The third-order valence-electron chi connectivity index (χ3n) is 1.71. The van der Waals surface area contributed by atoms with Crippen LogP contribution < -0.4 is 0 Å². The molecule has 0 saturated carbocycles. The summed E-state index contributed by atoms with van der Waals surface area (Å²) < 4.78 is 49.5. The van der Waals surface area contributed by atoms with Gasteiger partial charge in [-0.1, -0.05) is 15.9 Å². The fraction of sp³-hybridized carbons (Fsp3) is 0.333. The molecule has 1 aromatic rings. The van der Waals surface area contributed by atoms with Gasteiger partial charge in [-0.2, -0.15) is 13.2 Å². The van der Waals surface area contributed by atoms with Crippen molar-refractivity contribution in [2.24, 2.45) is 0 Å². The number of rotatable bonds is 1. The Morgan fingerprint density at radius 2 is 1.79 bits per heavy atom. The lowest BCUT2D eigenvalue weighted by atomic mass is 10.1. The van der Waals surface area contributed by atoms with Gasteiger partial charge in [-0.15, -0.1) is 0 Å². The molecule has 0 N–H and O–H groups in total. The molecule has 0 spiro atoms. The summed E-state index contributed by atoms with van der Waals surface area (Å²) in [7, 11) is 0. The van der Waals surface area contributed by atoms with Crippen LogP contribution in [0.3, 0.4) is 0 Å². The van der Waals surface area contributed by atoms with Crippen LogP contribution in [-0.4, -0.2) is 0 Å². The summed E-state index contributed by atoms with van der Waals surface area (Å²) in [5, 5.41) is 0. The Hall–Kier alpha value is -0.580. The molecular formula is C9H7BrF4. The lowest BCUT2D eigenvalue weighted by molar-refractivity contribution is -0.137. The van der Waals surface area contributed by atoms with E-state index in [4.69, 9.17) is 0 Å². The van der Waals surface area contributed by atoms with E-state index < -0.39 is 17.6 Å². The molecule has 1 aromatic carbocycles. The summed E-state index contributed by atoms with van der Waals surface area (Å²) in [6.07, 6.45) is -4.50. The predicted molar refractivity (Wildman–Crippen MR) is 48.7 cm³/mol. The van der Waals surface area contributed by atoms with Crippen molar-refractivity contribution in [3.8, 4) is 0 Å². The molecule has 0 aliphatic carbocycles. The Morgan fingerprint density at radius 3 is 2.21 bits per heavy atom. The summed E-state index contributed by atoms with van der Waals surface area (Å²) in [6.45, 7) is 1.63. The van der Waals surface area contributed by atoms with E-state index in [1.54, 1.807) is 6.92 Å². The topological polar surface area (TPSA) is 0 Å².